The first-order valence-electron chi connectivity index (χ1n) is 8.54. The zero-order valence-corrected chi connectivity index (χ0v) is 14.2. The van der Waals surface area contributed by atoms with Crippen LogP contribution in [0.2, 0.25) is 0 Å². The molecule has 0 aromatic carbocycles. The van der Waals surface area contributed by atoms with Crippen LogP contribution < -0.4 is 0 Å². The van der Waals surface area contributed by atoms with Crippen molar-refractivity contribution in [2.75, 3.05) is 13.2 Å². The lowest BCUT2D eigenvalue weighted by molar-refractivity contribution is -0.336. The van der Waals surface area contributed by atoms with E-state index >= 15 is 0 Å². The summed E-state index contributed by atoms with van der Waals surface area (Å²) in [6.45, 7) is 0.723. The van der Waals surface area contributed by atoms with Gasteiger partial charge in [-0.3, -0.25) is 0 Å². The Morgan fingerprint density at radius 1 is 0.923 bits per heavy atom. The lowest BCUT2D eigenvalue weighted by atomic mass is 9.96. The first-order valence-corrected chi connectivity index (χ1v) is 8.54. The van der Waals surface area contributed by atoms with E-state index in [4.69, 9.17) is 18.9 Å². The summed E-state index contributed by atoms with van der Waals surface area (Å²) in [6, 6.07) is -0.768. The number of fused-ring (bicyclic) bond motifs is 1. The molecule has 3 aliphatic heterocycles. The van der Waals surface area contributed by atoms with E-state index in [1.165, 1.54) is 0 Å². The highest BCUT2D eigenvalue weighted by Crippen LogP contribution is 2.33. The van der Waals surface area contributed by atoms with E-state index in [0.29, 0.717) is 12.3 Å². The predicted octanol–water partition coefficient (Wildman–Crippen LogP) is -3.54. The fourth-order valence-electron chi connectivity index (χ4n) is 3.29. The minimum Gasteiger partial charge on any atom is -0.450 e. The lowest BCUT2D eigenvalue weighted by Crippen LogP contribution is -2.63. The molecule has 6 N–H and O–H groups in total. The summed E-state index contributed by atoms with van der Waals surface area (Å²) in [7, 11) is 0. The molecule has 0 aliphatic carbocycles. The molecule has 10 atom stereocenters. The third-order valence-corrected chi connectivity index (χ3v) is 4.81. The van der Waals surface area contributed by atoms with Gasteiger partial charge >= 0.3 is 0 Å². The number of aliphatic hydroxyl groups excluding tert-OH is 6. The molecule has 26 heavy (non-hydrogen) atoms. The van der Waals surface area contributed by atoms with E-state index in [1.807, 2.05) is 6.92 Å². The molecule has 3 aliphatic rings. The molecule has 2 saturated heterocycles. The van der Waals surface area contributed by atoms with Crippen molar-refractivity contribution >= 4 is 5.90 Å². The second-order valence-electron chi connectivity index (χ2n) is 6.50. The molecule has 10 unspecified atom stereocenters. The van der Waals surface area contributed by atoms with Gasteiger partial charge in [-0.15, -0.1) is 0 Å². The molecular weight excluding hydrogens is 354 g/mol. The summed E-state index contributed by atoms with van der Waals surface area (Å²) in [6.07, 6.45) is -11.1. The zero-order valence-electron chi connectivity index (χ0n) is 14.2. The maximum atomic E-state index is 10.5. The largest absolute Gasteiger partial charge is 0.450 e. The maximum Gasteiger partial charge on any atom is 0.227 e. The Bertz CT molecular complexity index is 517. The molecule has 3 heterocycles. The molecule has 2 fully saturated rings. The van der Waals surface area contributed by atoms with E-state index < -0.39 is 74.6 Å². The first-order chi connectivity index (χ1) is 12.4. The van der Waals surface area contributed by atoms with Gasteiger partial charge in [-0.1, -0.05) is 6.92 Å². The number of nitrogens with zero attached hydrogens (tertiary/aromatic N) is 1. The van der Waals surface area contributed by atoms with Crippen LogP contribution in [0.15, 0.2) is 4.99 Å². The van der Waals surface area contributed by atoms with Crippen molar-refractivity contribution in [3.05, 3.63) is 0 Å². The van der Waals surface area contributed by atoms with Crippen molar-refractivity contribution in [3.63, 3.8) is 0 Å². The fourth-order valence-corrected chi connectivity index (χ4v) is 3.29. The van der Waals surface area contributed by atoms with Crippen molar-refractivity contribution < 1.29 is 49.6 Å². The predicted molar refractivity (Wildman–Crippen MR) is 83.0 cm³/mol. The Labute approximate surface area is 149 Å². The molecule has 0 spiro atoms. The highest BCUT2D eigenvalue weighted by atomic mass is 16.7. The Morgan fingerprint density at radius 3 is 2.19 bits per heavy atom. The van der Waals surface area contributed by atoms with Gasteiger partial charge < -0.3 is 49.6 Å². The summed E-state index contributed by atoms with van der Waals surface area (Å²) in [5.74, 6) is 0.396. The number of aliphatic hydroxyl groups is 6. The normalized spacial score (nSPS) is 48.7. The Hall–Kier alpha value is -0.890. The second kappa shape index (κ2) is 8.00. The van der Waals surface area contributed by atoms with Crippen LogP contribution in [0.4, 0.5) is 0 Å². The molecule has 11 heteroatoms. The Kier molecular flexibility index (Phi) is 6.11. The molecule has 150 valence electrons. The summed E-state index contributed by atoms with van der Waals surface area (Å²) in [5, 5.41) is 59.0. The van der Waals surface area contributed by atoms with Gasteiger partial charge in [0.25, 0.3) is 0 Å². The zero-order chi connectivity index (χ0) is 19.0. The first kappa shape index (κ1) is 19.9. The summed E-state index contributed by atoms with van der Waals surface area (Å²) in [5.41, 5.74) is 0. The van der Waals surface area contributed by atoms with Crippen LogP contribution in [0.25, 0.3) is 0 Å². The molecule has 0 aromatic heterocycles. The topological polar surface area (TPSA) is 171 Å². The van der Waals surface area contributed by atoms with E-state index in [0.717, 1.165) is 0 Å². The van der Waals surface area contributed by atoms with Crippen molar-refractivity contribution in [1.82, 2.24) is 0 Å². The van der Waals surface area contributed by atoms with Gasteiger partial charge in [-0.2, -0.15) is 0 Å². The van der Waals surface area contributed by atoms with E-state index in [-0.39, 0.29) is 0 Å². The molecule has 0 bridgehead atoms. The van der Waals surface area contributed by atoms with Gasteiger partial charge in [-0.05, 0) is 0 Å². The molecule has 11 nitrogen and oxygen atoms in total. The third-order valence-electron chi connectivity index (χ3n) is 4.81. The van der Waals surface area contributed by atoms with E-state index in [1.54, 1.807) is 0 Å². The van der Waals surface area contributed by atoms with Gasteiger partial charge in [0, 0.05) is 6.42 Å². The standard InChI is InChI=1S/C15H25NO10/c1-2-7-16-8-13(10(20)6(4-18)23-14(8)25-7)26-15-12(22)11(21)9(19)5(3-17)24-15/h5-6,8-15,17-22H,2-4H2,1H3. The number of rotatable bonds is 5. The SMILES string of the molecule is CCC1=NC2C(O1)OC(CO)C(O)C2OC1OC(CO)C(O)C(O)C1O. The van der Waals surface area contributed by atoms with Gasteiger partial charge in [0.2, 0.25) is 6.29 Å². The number of ether oxygens (including phenoxy) is 4. The summed E-state index contributed by atoms with van der Waals surface area (Å²) in [4.78, 5) is 4.30. The summed E-state index contributed by atoms with van der Waals surface area (Å²) >= 11 is 0. The van der Waals surface area contributed by atoms with Gasteiger partial charge in [0.05, 0.1) is 13.2 Å². The van der Waals surface area contributed by atoms with Crippen molar-refractivity contribution in [2.24, 2.45) is 4.99 Å². The van der Waals surface area contributed by atoms with Crippen LogP contribution in [0.3, 0.4) is 0 Å². The minimum absolute atomic E-state index is 0.396. The molecule has 0 aromatic rings. The van der Waals surface area contributed by atoms with Gasteiger partial charge in [-0.25, -0.2) is 4.99 Å². The highest BCUT2D eigenvalue weighted by molar-refractivity contribution is 5.77. The molecule has 0 radical (unpaired) electrons. The highest BCUT2D eigenvalue weighted by Gasteiger charge is 2.53. The monoisotopic (exact) mass is 379 g/mol. The minimum atomic E-state index is -1.62. The second-order valence-corrected chi connectivity index (χ2v) is 6.50. The van der Waals surface area contributed by atoms with Crippen LogP contribution in [-0.4, -0.2) is 111 Å². The molecule has 0 amide bonds. The average molecular weight is 379 g/mol. The average Bonchev–Trinajstić information content (AvgIpc) is 3.06. The smallest absolute Gasteiger partial charge is 0.227 e. The van der Waals surface area contributed by atoms with Crippen molar-refractivity contribution in [3.8, 4) is 0 Å². The number of hydrogen-bond acceptors (Lipinski definition) is 11. The molecular formula is C15H25NO10. The Morgan fingerprint density at radius 2 is 1.58 bits per heavy atom. The third kappa shape index (κ3) is 3.46. The molecule has 3 rings (SSSR count). The van der Waals surface area contributed by atoms with Crippen molar-refractivity contribution in [2.45, 2.75) is 74.7 Å². The van der Waals surface area contributed by atoms with Crippen LogP contribution >= 0.6 is 0 Å². The van der Waals surface area contributed by atoms with E-state index in [2.05, 4.69) is 4.99 Å². The van der Waals surface area contributed by atoms with Crippen LogP contribution in [0, 0.1) is 0 Å². The maximum absolute atomic E-state index is 10.5. The van der Waals surface area contributed by atoms with Gasteiger partial charge in [0.15, 0.2) is 12.2 Å². The fraction of sp³-hybridized carbons (Fsp3) is 0.933. The van der Waals surface area contributed by atoms with Crippen molar-refractivity contribution in [1.29, 1.82) is 0 Å². The van der Waals surface area contributed by atoms with E-state index in [9.17, 15) is 30.6 Å². The Balaban J connectivity index is 1.79. The molecule has 0 saturated carbocycles. The lowest BCUT2D eigenvalue weighted by Gasteiger charge is -2.44. The summed E-state index contributed by atoms with van der Waals surface area (Å²) < 4.78 is 22.0. The van der Waals surface area contributed by atoms with Crippen LogP contribution in [-0.2, 0) is 18.9 Å². The number of aliphatic imine (C=N–C) groups is 1. The van der Waals surface area contributed by atoms with Gasteiger partial charge in [0.1, 0.15) is 48.8 Å². The van der Waals surface area contributed by atoms with Crippen LogP contribution in [0.1, 0.15) is 13.3 Å². The van der Waals surface area contributed by atoms with Crippen LogP contribution in [0.5, 0.6) is 0 Å². The quantitative estimate of drug-likeness (QED) is 0.281. The number of hydrogen-bond donors (Lipinski definition) is 6.